The standard InChI is InChI=1S/C9H6BrN5/c10-8-1-7(3-12-4-8)5-15-6-13-9(2-11)14-15/h1,3-4,6H,5H2. The molecule has 0 aliphatic heterocycles. The van der Waals surface area contributed by atoms with Crippen molar-refractivity contribution in [1.29, 1.82) is 5.26 Å². The molecule has 74 valence electrons. The Hall–Kier alpha value is -1.74. The Kier molecular flexibility index (Phi) is 2.74. The van der Waals surface area contributed by atoms with Crippen LogP contribution in [0.1, 0.15) is 11.4 Å². The van der Waals surface area contributed by atoms with E-state index in [1.165, 1.54) is 6.33 Å². The largest absolute Gasteiger partial charge is 0.263 e. The average molecular weight is 264 g/mol. The molecule has 0 bridgehead atoms. The molecule has 0 N–H and O–H groups in total. The number of nitriles is 1. The van der Waals surface area contributed by atoms with Gasteiger partial charge in [-0.15, -0.1) is 5.10 Å². The van der Waals surface area contributed by atoms with Gasteiger partial charge in [-0.3, -0.25) is 4.98 Å². The average Bonchev–Trinajstić information content (AvgIpc) is 2.65. The van der Waals surface area contributed by atoms with Crippen molar-refractivity contribution in [2.24, 2.45) is 0 Å². The van der Waals surface area contributed by atoms with Crippen LogP contribution in [-0.2, 0) is 6.54 Å². The summed E-state index contributed by atoms with van der Waals surface area (Å²) in [6.07, 6.45) is 4.99. The number of rotatable bonds is 2. The van der Waals surface area contributed by atoms with Gasteiger partial charge in [0.15, 0.2) is 0 Å². The van der Waals surface area contributed by atoms with Gasteiger partial charge in [0.1, 0.15) is 12.4 Å². The highest BCUT2D eigenvalue weighted by atomic mass is 79.9. The zero-order chi connectivity index (χ0) is 10.7. The van der Waals surface area contributed by atoms with E-state index < -0.39 is 0 Å². The first-order valence-corrected chi connectivity index (χ1v) is 4.96. The molecule has 2 rings (SSSR count). The van der Waals surface area contributed by atoms with Crippen LogP contribution < -0.4 is 0 Å². The summed E-state index contributed by atoms with van der Waals surface area (Å²) in [5.41, 5.74) is 0.999. The molecular weight excluding hydrogens is 258 g/mol. The number of halogens is 1. The van der Waals surface area contributed by atoms with E-state index in [4.69, 9.17) is 5.26 Å². The third-order valence-electron chi connectivity index (χ3n) is 1.74. The van der Waals surface area contributed by atoms with Crippen molar-refractivity contribution < 1.29 is 0 Å². The molecule has 0 unspecified atom stereocenters. The molecule has 0 saturated carbocycles. The molecule has 0 amide bonds. The van der Waals surface area contributed by atoms with Crippen molar-refractivity contribution in [3.8, 4) is 6.07 Å². The first kappa shape index (κ1) is 9.80. The van der Waals surface area contributed by atoms with Crippen molar-refractivity contribution >= 4 is 15.9 Å². The molecule has 0 atom stereocenters. The van der Waals surface area contributed by atoms with Gasteiger partial charge < -0.3 is 0 Å². The molecule has 0 spiro atoms. The molecule has 2 aromatic heterocycles. The Morgan fingerprint density at radius 1 is 1.47 bits per heavy atom. The monoisotopic (exact) mass is 263 g/mol. The summed E-state index contributed by atoms with van der Waals surface area (Å²) in [6, 6.07) is 3.82. The van der Waals surface area contributed by atoms with E-state index in [2.05, 4.69) is 31.0 Å². The zero-order valence-electron chi connectivity index (χ0n) is 7.63. The van der Waals surface area contributed by atoms with Gasteiger partial charge in [-0.25, -0.2) is 9.67 Å². The maximum atomic E-state index is 8.55. The maximum absolute atomic E-state index is 8.55. The summed E-state index contributed by atoms with van der Waals surface area (Å²) in [5, 5.41) is 12.5. The lowest BCUT2D eigenvalue weighted by molar-refractivity contribution is 0.680. The molecule has 0 aromatic carbocycles. The minimum Gasteiger partial charge on any atom is -0.263 e. The Bertz CT molecular complexity index is 513. The molecular formula is C9H6BrN5. The highest BCUT2D eigenvalue weighted by Crippen LogP contribution is 2.10. The van der Waals surface area contributed by atoms with Crippen molar-refractivity contribution in [2.75, 3.05) is 0 Å². The Morgan fingerprint density at radius 2 is 2.33 bits per heavy atom. The lowest BCUT2D eigenvalue weighted by Crippen LogP contribution is -2.00. The van der Waals surface area contributed by atoms with Gasteiger partial charge in [0.25, 0.3) is 5.82 Å². The Balaban J connectivity index is 2.19. The van der Waals surface area contributed by atoms with Crippen molar-refractivity contribution in [1.82, 2.24) is 19.7 Å². The fourth-order valence-electron chi connectivity index (χ4n) is 1.15. The normalized spacial score (nSPS) is 9.87. The molecule has 2 heterocycles. The van der Waals surface area contributed by atoms with Gasteiger partial charge >= 0.3 is 0 Å². The second kappa shape index (κ2) is 4.19. The topological polar surface area (TPSA) is 67.4 Å². The number of nitrogens with zero attached hydrogens (tertiary/aromatic N) is 5. The third kappa shape index (κ3) is 2.39. The van der Waals surface area contributed by atoms with Gasteiger partial charge in [-0.2, -0.15) is 5.26 Å². The summed E-state index contributed by atoms with van der Waals surface area (Å²) in [5.74, 6) is 0.179. The minimum absolute atomic E-state index is 0.179. The SMILES string of the molecule is N#Cc1ncn(Cc2cncc(Br)c2)n1. The fraction of sp³-hybridized carbons (Fsp3) is 0.111. The second-order valence-corrected chi connectivity index (χ2v) is 3.80. The summed E-state index contributed by atoms with van der Waals surface area (Å²) in [6.45, 7) is 0.557. The molecule has 5 nitrogen and oxygen atoms in total. The molecule has 0 aliphatic rings. The molecule has 0 radical (unpaired) electrons. The fourth-order valence-corrected chi connectivity index (χ4v) is 1.56. The maximum Gasteiger partial charge on any atom is 0.252 e. The Morgan fingerprint density at radius 3 is 3.00 bits per heavy atom. The lowest BCUT2D eigenvalue weighted by atomic mass is 10.3. The smallest absolute Gasteiger partial charge is 0.252 e. The molecule has 2 aromatic rings. The highest BCUT2D eigenvalue weighted by molar-refractivity contribution is 9.10. The lowest BCUT2D eigenvalue weighted by Gasteiger charge is -2.00. The first-order chi connectivity index (χ1) is 7.28. The van der Waals surface area contributed by atoms with E-state index in [1.807, 2.05) is 12.1 Å². The summed E-state index contributed by atoms with van der Waals surface area (Å²) in [4.78, 5) is 7.85. The van der Waals surface area contributed by atoms with Gasteiger partial charge in [0.05, 0.1) is 6.54 Å². The number of hydrogen-bond donors (Lipinski definition) is 0. The van der Waals surface area contributed by atoms with Crippen molar-refractivity contribution in [2.45, 2.75) is 6.54 Å². The number of pyridine rings is 1. The van der Waals surface area contributed by atoms with Crippen LogP contribution in [0, 0.1) is 11.3 Å². The van der Waals surface area contributed by atoms with Gasteiger partial charge in [-0.05, 0) is 27.6 Å². The van der Waals surface area contributed by atoms with Gasteiger partial charge in [0, 0.05) is 16.9 Å². The van der Waals surface area contributed by atoms with Crippen LogP contribution in [-0.4, -0.2) is 19.7 Å². The van der Waals surface area contributed by atoms with Crippen LogP contribution in [0.4, 0.5) is 0 Å². The van der Waals surface area contributed by atoms with Gasteiger partial charge in [-0.1, -0.05) is 0 Å². The highest BCUT2D eigenvalue weighted by Gasteiger charge is 2.00. The summed E-state index contributed by atoms with van der Waals surface area (Å²) >= 11 is 3.33. The predicted octanol–water partition coefficient (Wildman–Crippen LogP) is 1.36. The number of aromatic nitrogens is 4. The van der Waals surface area contributed by atoms with E-state index in [0.29, 0.717) is 6.54 Å². The van der Waals surface area contributed by atoms with E-state index in [1.54, 1.807) is 17.1 Å². The van der Waals surface area contributed by atoms with Crippen molar-refractivity contribution in [3.05, 3.63) is 40.6 Å². The van der Waals surface area contributed by atoms with Crippen molar-refractivity contribution in [3.63, 3.8) is 0 Å². The molecule has 0 saturated heterocycles. The van der Waals surface area contributed by atoms with E-state index in [0.717, 1.165) is 10.0 Å². The quantitative estimate of drug-likeness (QED) is 0.821. The second-order valence-electron chi connectivity index (χ2n) is 2.89. The van der Waals surface area contributed by atoms with E-state index in [-0.39, 0.29) is 5.82 Å². The van der Waals surface area contributed by atoms with Crippen LogP contribution in [0.3, 0.4) is 0 Å². The van der Waals surface area contributed by atoms with Crippen LogP contribution >= 0.6 is 15.9 Å². The molecule has 15 heavy (non-hydrogen) atoms. The van der Waals surface area contributed by atoms with Crippen LogP contribution in [0.2, 0.25) is 0 Å². The molecule has 6 heteroatoms. The van der Waals surface area contributed by atoms with Crippen LogP contribution in [0.5, 0.6) is 0 Å². The molecule has 0 fully saturated rings. The zero-order valence-corrected chi connectivity index (χ0v) is 9.22. The Labute approximate surface area is 94.5 Å². The third-order valence-corrected chi connectivity index (χ3v) is 2.18. The van der Waals surface area contributed by atoms with E-state index in [9.17, 15) is 0 Å². The van der Waals surface area contributed by atoms with Crippen LogP contribution in [0.15, 0.2) is 29.3 Å². The van der Waals surface area contributed by atoms with Crippen LogP contribution in [0.25, 0.3) is 0 Å². The minimum atomic E-state index is 0.179. The summed E-state index contributed by atoms with van der Waals surface area (Å²) < 4.78 is 2.52. The summed E-state index contributed by atoms with van der Waals surface area (Å²) in [7, 11) is 0. The predicted molar refractivity (Wildman–Crippen MR) is 55.8 cm³/mol. The number of hydrogen-bond acceptors (Lipinski definition) is 4. The van der Waals surface area contributed by atoms with Gasteiger partial charge in [0.2, 0.25) is 0 Å². The first-order valence-electron chi connectivity index (χ1n) is 4.17. The van der Waals surface area contributed by atoms with E-state index >= 15 is 0 Å². The molecule has 0 aliphatic carbocycles.